The van der Waals surface area contributed by atoms with Crippen molar-refractivity contribution < 1.29 is 5.11 Å². The van der Waals surface area contributed by atoms with Crippen LogP contribution in [0.25, 0.3) is 0 Å². The molecular weight excluding hydrogens is 292 g/mol. The maximum atomic E-state index is 10.4. The van der Waals surface area contributed by atoms with Crippen molar-refractivity contribution in [1.82, 2.24) is 0 Å². The minimum atomic E-state index is -0.695. The second-order valence-corrected chi connectivity index (χ2v) is 4.98. The molecule has 0 bridgehead atoms. The highest BCUT2D eigenvalue weighted by Gasteiger charge is 2.22. The summed E-state index contributed by atoms with van der Waals surface area (Å²) in [6.07, 6.45) is 0.968. The lowest BCUT2D eigenvalue weighted by Crippen LogP contribution is -2.29. The van der Waals surface area contributed by atoms with Crippen LogP contribution < -0.4 is 4.90 Å². The summed E-state index contributed by atoms with van der Waals surface area (Å²) in [7, 11) is 0. The first kappa shape index (κ1) is 11.4. The Bertz CT molecular complexity index is 595. The minimum absolute atomic E-state index is 0.695. The van der Waals surface area contributed by atoms with Gasteiger partial charge in [0.15, 0.2) is 6.23 Å². The number of halogens is 1. The number of benzene rings is 2. The van der Waals surface area contributed by atoms with E-state index in [-0.39, 0.29) is 0 Å². The van der Waals surface area contributed by atoms with Crippen LogP contribution in [-0.2, 0) is 0 Å². The fourth-order valence-electron chi connectivity index (χ4n) is 1.98. The van der Waals surface area contributed by atoms with E-state index in [0.29, 0.717) is 0 Å². The highest BCUT2D eigenvalue weighted by atomic mass is 79.9. The summed E-state index contributed by atoms with van der Waals surface area (Å²) < 4.78 is 1.01. The average molecular weight is 303 g/mol. The Morgan fingerprint density at radius 3 is 2.56 bits per heavy atom. The molecule has 0 aromatic heterocycles. The van der Waals surface area contributed by atoms with Gasteiger partial charge in [0.2, 0.25) is 0 Å². The Kier molecular flexibility index (Phi) is 2.89. The Morgan fingerprint density at radius 2 is 1.78 bits per heavy atom. The van der Waals surface area contributed by atoms with Gasteiger partial charge < -0.3 is 10.0 Å². The largest absolute Gasteiger partial charge is 0.369 e. The molecule has 3 nitrogen and oxygen atoms in total. The third-order valence-corrected chi connectivity index (χ3v) is 3.45. The third-order valence-electron chi connectivity index (χ3n) is 2.92. The Morgan fingerprint density at radius 1 is 1.06 bits per heavy atom. The van der Waals surface area contributed by atoms with Crippen LogP contribution in [0.5, 0.6) is 0 Å². The lowest BCUT2D eigenvalue weighted by molar-refractivity contribution is 0.188. The first-order chi connectivity index (χ1) is 8.75. The molecule has 1 aliphatic rings. The molecule has 0 fully saturated rings. The zero-order valence-electron chi connectivity index (χ0n) is 9.49. The minimum Gasteiger partial charge on any atom is -0.369 e. The first-order valence-corrected chi connectivity index (χ1v) is 6.40. The quantitative estimate of drug-likeness (QED) is 0.873. The van der Waals surface area contributed by atoms with E-state index in [1.165, 1.54) is 0 Å². The molecule has 2 aromatic carbocycles. The predicted molar refractivity (Wildman–Crippen MR) is 76.2 cm³/mol. The van der Waals surface area contributed by atoms with Crippen LogP contribution in [0.15, 0.2) is 58.0 Å². The number of aliphatic imine (C=N–C) groups is 1. The molecule has 1 aliphatic heterocycles. The van der Waals surface area contributed by atoms with E-state index in [4.69, 9.17) is 0 Å². The molecule has 2 aromatic rings. The average Bonchev–Trinajstić information content (AvgIpc) is 2.41. The third kappa shape index (κ3) is 1.94. The summed E-state index contributed by atoms with van der Waals surface area (Å²) in [5.41, 5.74) is 2.55. The number of nitrogens with zero attached hydrogens (tertiary/aromatic N) is 2. The van der Waals surface area contributed by atoms with E-state index in [9.17, 15) is 5.11 Å². The smallest absolute Gasteiger partial charge is 0.160 e. The lowest BCUT2D eigenvalue weighted by atomic mass is 10.1. The number of rotatable bonds is 1. The van der Waals surface area contributed by atoms with Crippen LogP contribution in [0, 0.1) is 0 Å². The van der Waals surface area contributed by atoms with Gasteiger partial charge in [0.25, 0.3) is 0 Å². The van der Waals surface area contributed by atoms with Crippen LogP contribution in [0.3, 0.4) is 0 Å². The van der Waals surface area contributed by atoms with Crippen molar-refractivity contribution in [2.75, 3.05) is 4.90 Å². The van der Waals surface area contributed by atoms with Gasteiger partial charge in [-0.15, -0.1) is 0 Å². The molecule has 1 atom stereocenters. The van der Waals surface area contributed by atoms with Gasteiger partial charge in [-0.2, -0.15) is 0 Å². The van der Waals surface area contributed by atoms with Crippen molar-refractivity contribution in [3.63, 3.8) is 0 Å². The SMILES string of the molecule is OC1c2ccccc2N=CN1c1ccc(Br)cc1. The van der Waals surface area contributed by atoms with Crippen LogP contribution >= 0.6 is 15.9 Å². The molecule has 0 saturated heterocycles. The van der Waals surface area contributed by atoms with Crippen LogP contribution in [0.2, 0.25) is 0 Å². The number of anilines is 1. The van der Waals surface area contributed by atoms with Crippen molar-refractivity contribution in [3.05, 3.63) is 58.6 Å². The van der Waals surface area contributed by atoms with Crippen molar-refractivity contribution >= 4 is 33.6 Å². The number of aliphatic hydroxyl groups excluding tert-OH is 1. The topological polar surface area (TPSA) is 35.8 Å². The van der Waals surface area contributed by atoms with E-state index in [1.807, 2.05) is 48.5 Å². The highest BCUT2D eigenvalue weighted by Crippen LogP contribution is 2.34. The van der Waals surface area contributed by atoms with Gasteiger partial charge in [0.1, 0.15) is 0 Å². The predicted octanol–water partition coefficient (Wildman–Crippen LogP) is 3.62. The second kappa shape index (κ2) is 4.55. The fourth-order valence-corrected chi connectivity index (χ4v) is 2.25. The van der Waals surface area contributed by atoms with Gasteiger partial charge in [0.05, 0.1) is 12.0 Å². The van der Waals surface area contributed by atoms with Crippen molar-refractivity contribution in [2.24, 2.45) is 4.99 Å². The van der Waals surface area contributed by atoms with E-state index >= 15 is 0 Å². The number of hydrogen-bond donors (Lipinski definition) is 1. The maximum Gasteiger partial charge on any atom is 0.160 e. The van der Waals surface area contributed by atoms with Crippen molar-refractivity contribution in [2.45, 2.75) is 6.23 Å². The van der Waals surface area contributed by atoms with Gasteiger partial charge >= 0.3 is 0 Å². The summed E-state index contributed by atoms with van der Waals surface area (Å²) in [4.78, 5) is 6.10. The Labute approximate surface area is 114 Å². The van der Waals surface area contributed by atoms with Gasteiger partial charge in [-0.3, -0.25) is 0 Å². The molecule has 0 radical (unpaired) electrons. The monoisotopic (exact) mass is 302 g/mol. The number of para-hydroxylation sites is 1. The number of fused-ring (bicyclic) bond motifs is 1. The summed E-state index contributed by atoms with van der Waals surface area (Å²) in [6, 6.07) is 15.4. The molecular formula is C14H11BrN2O. The molecule has 4 heteroatoms. The van der Waals surface area contributed by atoms with Gasteiger partial charge in [-0.25, -0.2) is 4.99 Å². The van der Waals surface area contributed by atoms with Gasteiger partial charge in [-0.05, 0) is 30.3 Å². The molecule has 1 N–H and O–H groups in total. The van der Waals surface area contributed by atoms with Crippen molar-refractivity contribution in [3.8, 4) is 0 Å². The van der Waals surface area contributed by atoms with Crippen LogP contribution in [0.1, 0.15) is 11.8 Å². The van der Waals surface area contributed by atoms with Crippen LogP contribution in [0.4, 0.5) is 11.4 Å². The van der Waals surface area contributed by atoms with Crippen molar-refractivity contribution in [1.29, 1.82) is 0 Å². The second-order valence-electron chi connectivity index (χ2n) is 4.06. The van der Waals surface area contributed by atoms with E-state index in [1.54, 1.807) is 11.2 Å². The summed E-state index contributed by atoms with van der Waals surface area (Å²) in [6.45, 7) is 0. The summed E-state index contributed by atoms with van der Waals surface area (Å²) in [5.74, 6) is 0. The molecule has 0 spiro atoms. The Balaban J connectivity index is 2.00. The molecule has 90 valence electrons. The molecule has 0 saturated carbocycles. The fraction of sp³-hybridized carbons (Fsp3) is 0.0714. The zero-order valence-corrected chi connectivity index (χ0v) is 11.1. The molecule has 0 amide bonds. The highest BCUT2D eigenvalue weighted by molar-refractivity contribution is 9.10. The lowest BCUT2D eigenvalue weighted by Gasteiger charge is -2.30. The van der Waals surface area contributed by atoms with Gasteiger partial charge in [-0.1, -0.05) is 34.1 Å². The molecule has 0 aliphatic carbocycles. The van der Waals surface area contributed by atoms with Gasteiger partial charge in [0, 0.05) is 15.7 Å². The molecule has 3 rings (SSSR count). The normalized spacial score (nSPS) is 17.7. The van der Waals surface area contributed by atoms with E-state index in [2.05, 4.69) is 20.9 Å². The maximum absolute atomic E-state index is 10.4. The van der Waals surface area contributed by atoms with E-state index < -0.39 is 6.23 Å². The number of hydrogen-bond acceptors (Lipinski definition) is 3. The zero-order chi connectivity index (χ0) is 12.5. The Hall–Kier alpha value is -1.65. The standard InChI is InChI=1S/C14H11BrN2O/c15-10-5-7-11(8-6-10)17-9-16-13-4-2-1-3-12(13)14(17)18/h1-9,14,18H. The summed E-state index contributed by atoms with van der Waals surface area (Å²) in [5, 5.41) is 10.4. The first-order valence-electron chi connectivity index (χ1n) is 5.61. The molecule has 1 heterocycles. The number of aliphatic hydroxyl groups is 1. The van der Waals surface area contributed by atoms with Crippen LogP contribution in [-0.4, -0.2) is 11.4 Å². The molecule has 18 heavy (non-hydrogen) atoms. The van der Waals surface area contributed by atoms with E-state index in [0.717, 1.165) is 21.4 Å². The summed E-state index contributed by atoms with van der Waals surface area (Å²) >= 11 is 3.40. The molecule has 1 unspecified atom stereocenters.